The van der Waals surface area contributed by atoms with Crippen LogP contribution in [0.3, 0.4) is 0 Å². The van der Waals surface area contributed by atoms with Gasteiger partial charge < -0.3 is 5.32 Å². The Hall–Kier alpha value is -3.84. The zero-order chi connectivity index (χ0) is 21.5. The lowest BCUT2D eigenvalue weighted by Gasteiger charge is -2.21. The molecule has 4 aromatic rings. The van der Waals surface area contributed by atoms with Crippen LogP contribution >= 0.6 is 11.3 Å². The number of aromatic nitrogens is 1. The predicted molar refractivity (Wildman–Crippen MR) is 120 cm³/mol. The average Bonchev–Trinajstić information content (AvgIpc) is 3.33. The summed E-state index contributed by atoms with van der Waals surface area (Å²) < 4.78 is 1.09. The molecule has 1 atom stereocenters. The van der Waals surface area contributed by atoms with Gasteiger partial charge in [0.2, 0.25) is 5.91 Å². The van der Waals surface area contributed by atoms with Gasteiger partial charge in [0, 0.05) is 11.3 Å². The highest BCUT2D eigenvalue weighted by atomic mass is 32.1. The number of benzene rings is 3. The van der Waals surface area contributed by atoms with Crippen LogP contribution in [0.5, 0.6) is 0 Å². The second-order valence-electron chi connectivity index (χ2n) is 7.26. The number of nitrogens with one attached hydrogen (secondary N) is 1. The Morgan fingerprint density at radius 1 is 0.935 bits per heavy atom. The van der Waals surface area contributed by atoms with E-state index >= 15 is 0 Å². The first-order valence-corrected chi connectivity index (χ1v) is 10.6. The fourth-order valence-electron chi connectivity index (χ4n) is 3.65. The van der Waals surface area contributed by atoms with Crippen molar-refractivity contribution in [1.82, 2.24) is 9.88 Å². The standard InChI is InChI=1S/C24H17N3O3S/c1-14(27-23(29)17-9-2-3-10-18(17)24(27)30)21(28)25-16-8-6-7-15(13-16)22-26-19-11-4-5-12-20(19)31-22/h2-14H,1H3,(H,25,28). The minimum Gasteiger partial charge on any atom is -0.324 e. The fourth-order valence-corrected chi connectivity index (χ4v) is 4.61. The van der Waals surface area contributed by atoms with Gasteiger partial charge in [-0.15, -0.1) is 11.3 Å². The molecular formula is C24H17N3O3S. The number of thiazole rings is 1. The second kappa shape index (κ2) is 7.45. The Labute approximate surface area is 182 Å². The third kappa shape index (κ3) is 3.29. The molecule has 31 heavy (non-hydrogen) atoms. The van der Waals surface area contributed by atoms with Gasteiger partial charge in [-0.1, -0.05) is 36.4 Å². The van der Waals surface area contributed by atoms with Gasteiger partial charge >= 0.3 is 0 Å². The molecule has 1 aliphatic heterocycles. The van der Waals surface area contributed by atoms with Gasteiger partial charge in [0.15, 0.2) is 0 Å². The maximum absolute atomic E-state index is 12.9. The van der Waals surface area contributed by atoms with E-state index in [0.29, 0.717) is 16.8 Å². The number of fused-ring (bicyclic) bond motifs is 2. The molecule has 0 saturated carbocycles. The zero-order valence-corrected chi connectivity index (χ0v) is 17.3. The van der Waals surface area contributed by atoms with Gasteiger partial charge in [0.1, 0.15) is 11.0 Å². The Balaban J connectivity index is 1.37. The van der Waals surface area contributed by atoms with Crippen molar-refractivity contribution < 1.29 is 14.4 Å². The molecule has 3 amide bonds. The first-order valence-electron chi connectivity index (χ1n) is 9.77. The summed E-state index contributed by atoms with van der Waals surface area (Å²) in [7, 11) is 0. The Bertz CT molecular complexity index is 1290. The van der Waals surface area contributed by atoms with E-state index in [4.69, 9.17) is 0 Å². The van der Waals surface area contributed by atoms with E-state index in [0.717, 1.165) is 25.7 Å². The van der Waals surface area contributed by atoms with Crippen LogP contribution in [0.4, 0.5) is 5.69 Å². The molecule has 0 spiro atoms. The molecule has 0 radical (unpaired) electrons. The van der Waals surface area contributed by atoms with Crippen molar-refractivity contribution in [3.63, 3.8) is 0 Å². The molecule has 3 aromatic carbocycles. The first kappa shape index (κ1) is 19.1. The highest BCUT2D eigenvalue weighted by Crippen LogP contribution is 2.31. The minimum atomic E-state index is -0.946. The molecule has 1 aliphatic rings. The van der Waals surface area contributed by atoms with Crippen LogP contribution < -0.4 is 5.32 Å². The van der Waals surface area contributed by atoms with Crippen molar-refractivity contribution in [2.24, 2.45) is 0 Å². The van der Waals surface area contributed by atoms with E-state index in [1.54, 1.807) is 48.6 Å². The SMILES string of the molecule is CC(C(=O)Nc1cccc(-c2nc3ccccc3s2)c1)N1C(=O)c2ccccc2C1=O. The van der Waals surface area contributed by atoms with Crippen LogP contribution in [0.15, 0.2) is 72.8 Å². The quantitative estimate of drug-likeness (QED) is 0.483. The van der Waals surface area contributed by atoms with E-state index < -0.39 is 23.8 Å². The van der Waals surface area contributed by atoms with Crippen molar-refractivity contribution in [2.45, 2.75) is 13.0 Å². The van der Waals surface area contributed by atoms with Gasteiger partial charge in [0.05, 0.1) is 21.3 Å². The molecule has 0 bridgehead atoms. The van der Waals surface area contributed by atoms with E-state index in [1.807, 2.05) is 42.5 Å². The Morgan fingerprint density at radius 2 is 1.61 bits per heavy atom. The highest BCUT2D eigenvalue weighted by Gasteiger charge is 2.40. The lowest BCUT2D eigenvalue weighted by molar-refractivity contribution is -0.119. The summed E-state index contributed by atoms with van der Waals surface area (Å²) in [5, 5.41) is 3.67. The molecule has 6 nitrogen and oxygen atoms in total. The van der Waals surface area contributed by atoms with Crippen LogP contribution in [0.2, 0.25) is 0 Å². The number of hydrogen-bond acceptors (Lipinski definition) is 5. The Morgan fingerprint density at radius 3 is 2.32 bits per heavy atom. The summed E-state index contributed by atoms with van der Waals surface area (Å²) in [5.74, 6) is -1.34. The van der Waals surface area contributed by atoms with Crippen LogP contribution in [0, 0.1) is 0 Å². The summed E-state index contributed by atoms with van der Waals surface area (Å²) in [6.45, 7) is 1.55. The fraction of sp³-hybridized carbons (Fsp3) is 0.0833. The molecule has 0 fully saturated rings. The summed E-state index contributed by atoms with van der Waals surface area (Å²) in [5.41, 5.74) is 3.03. The largest absolute Gasteiger partial charge is 0.324 e. The number of amides is 3. The maximum atomic E-state index is 12.9. The molecule has 7 heteroatoms. The molecule has 1 unspecified atom stereocenters. The van der Waals surface area contributed by atoms with E-state index in [9.17, 15) is 14.4 Å². The predicted octanol–water partition coefficient (Wildman–Crippen LogP) is 4.59. The smallest absolute Gasteiger partial charge is 0.262 e. The van der Waals surface area contributed by atoms with Crippen molar-refractivity contribution in [2.75, 3.05) is 5.32 Å². The van der Waals surface area contributed by atoms with Crippen molar-refractivity contribution in [1.29, 1.82) is 0 Å². The topological polar surface area (TPSA) is 79.4 Å². The second-order valence-corrected chi connectivity index (χ2v) is 8.29. The van der Waals surface area contributed by atoms with E-state index in [2.05, 4.69) is 10.3 Å². The number of hydrogen-bond donors (Lipinski definition) is 1. The van der Waals surface area contributed by atoms with Gasteiger partial charge in [-0.05, 0) is 43.3 Å². The zero-order valence-electron chi connectivity index (χ0n) is 16.5. The summed E-state index contributed by atoms with van der Waals surface area (Å²) >= 11 is 1.58. The highest BCUT2D eigenvalue weighted by molar-refractivity contribution is 7.21. The van der Waals surface area contributed by atoms with Crippen molar-refractivity contribution in [3.05, 3.63) is 83.9 Å². The molecular weight excluding hydrogens is 410 g/mol. The normalized spacial score (nSPS) is 14.0. The van der Waals surface area contributed by atoms with Crippen molar-refractivity contribution >= 4 is 45.0 Å². The van der Waals surface area contributed by atoms with Gasteiger partial charge in [-0.25, -0.2) is 4.98 Å². The summed E-state index contributed by atoms with van der Waals surface area (Å²) in [4.78, 5) is 43.8. The summed E-state index contributed by atoms with van der Waals surface area (Å²) in [6.07, 6.45) is 0. The van der Waals surface area contributed by atoms with Gasteiger partial charge in [-0.3, -0.25) is 19.3 Å². The number of carbonyl (C=O) groups is 3. The maximum Gasteiger partial charge on any atom is 0.262 e. The number of rotatable bonds is 4. The number of nitrogens with zero attached hydrogens (tertiary/aromatic N) is 2. The van der Waals surface area contributed by atoms with Crippen LogP contribution in [-0.2, 0) is 4.79 Å². The third-order valence-electron chi connectivity index (χ3n) is 5.26. The van der Waals surface area contributed by atoms with E-state index in [1.165, 1.54) is 0 Å². The molecule has 1 N–H and O–H groups in total. The molecule has 2 heterocycles. The number of carbonyl (C=O) groups excluding carboxylic acids is 3. The molecule has 0 aliphatic carbocycles. The van der Waals surface area contributed by atoms with Gasteiger partial charge in [0.25, 0.3) is 11.8 Å². The summed E-state index contributed by atoms with van der Waals surface area (Å²) in [6, 6.07) is 20.9. The molecule has 0 saturated heterocycles. The third-order valence-corrected chi connectivity index (χ3v) is 6.35. The molecule has 5 rings (SSSR count). The number of para-hydroxylation sites is 1. The average molecular weight is 427 g/mol. The van der Waals surface area contributed by atoms with Crippen LogP contribution in [0.25, 0.3) is 20.8 Å². The monoisotopic (exact) mass is 427 g/mol. The van der Waals surface area contributed by atoms with Crippen LogP contribution in [0.1, 0.15) is 27.6 Å². The van der Waals surface area contributed by atoms with Crippen molar-refractivity contribution in [3.8, 4) is 10.6 Å². The molecule has 152 valence electrons. The lowest BCUT2D eigenvalue weighted by Crippen LogP contribution is -2.45. The first-order chi connectivity index (χ1) is 15.0. The van der Waals surface area contributed by atoms with Crippen LogP contribution in [-0.4, -0.2) is 33.6 Å². The minimum absolute atomic E-state index is 0.324. The number of imide groups is 1. The molecule has 1 aromatic heterocycles. The van der Waals surface area contributed by atoms with Gasteiger partial charge in [-0.2, -0.15) is 0 Å². The number of anilines is 1. The Kier molecular flexibility index (Phi) is 4.60. The lowest BCUT2D eigenvalue weighted by atomic mass is 10.1. The van der Waals surface area contributed by atoms with E-state index in [-0.39, 0.29) is 0 Å².